The normalized spacial score (nSPS) is 16.2. The zero-order valence-corrected chi connectivity index (χ0v) is 11.5. The molecule has 88 valence electrons. The van der Waals surface area contributed by atoms with Crippen LogP contribution in [-0.2, 0) is 0 Å². The minimum Gasteiger partial charge on any atom is -0.321 e. The van der Waals surface area contributed by atoms with Crippen molar-refractivity contribution in [1.29, 1.82) is 0 Å². The summed E-state index contributed by atoms with van der Waals surface area (Å²) in [5, 5.41) is 0.776. The summed E-state index contributed by atoms with van der Waals surface area (Å²) in [6.45, 7) is 14.7. The van der Waals surface area contributed by atoms with E-state index in [1.165, 1.54) is 11.3 Å². The quantitative estimate of drug-likeness (QED) is 0.667. The zero-order chi connectivity index (χ0) is 12.5. The summed E-state index contributed by atoms with van der Waals surface area (Å²) < 4.78 is 0. The predicted octanol–water partition coefficient (Wildman–Crippen LogP) is 4.79. The number of rotatable bonds is 2. The summed E-state index contributed by atoms with van der Waals surface area (Å²) >= 11 is 6.08. The lowest BCUT2D eigenvalue weighted by Crippen LogP contribution is -2.22. The summed E-state index contributed by atoms with van der Waals surface area (Å²) in [6.07, 6.45) is 3.98. The fourth-order valence-electron chi connectivity index (χ4n) is 1.99. The van der Waals surface area contributed by atoms with Crippen LogP contribution in [-0.4, -0.2) is 4.90 Å². The van der Waals surface area contributed by atoms with Crippen LogP contribution in [0.1, 0.15) is 34.6 Å². The molecule has 0 aromatic rings. The number of halogens is 1. The van der Waals surface area contributed by atoms with Crippen molar-refractivity contribution >= 4 is 11.6 Å². The van der Waals surface area contributed by atoms with Crippen molar-refractivity contribution in [2.45, 2.75) is 34.6 Å². The summed E-state index contributed by atoms with van der Waals surface area (Å²) in [6, 6.07) is 0. The molecule has 0 spiro atoms. The highest BCUT2D eigenvalue weighted by Gasteiger charge is 2.18. The Morgan fingerprint density at radius 3 is 2.38 bits per heavy atom. The fraction of sp³-hybridized carbons (Fsp3) is 0.429. The average molecular weight is 238 g/mol. The Bertz CT molecular complexity index is 393. The van der Waals surface area contributed by atoms with Crippen molar-refractivity contribution in [1.82, 2.24) is 4.90 Å². The Hall–Kier alpha value is -0.950. The van der Waals surface area contributed by atoms with E-state index in [2.05, 4.69) is 45.4 Å². The lowest BCUT2D eigenvalue weighted by atomic mass is 10.0. The molecule has 0 radical (unpaired) electrons. The molecule has 0 amide bonds. The molecule has 2 heteroatoms. The molecule has 0 saturated heterocycles. The molecule has 1 nitrogen and oxygen atoms in total. The topological polar surface area (TPSA) is 3.24 Å². The van der Waals surface area contributed by atoms with Crippen LogP contribution in [0.15, 0.2) is 46.4 Å². The van der Waals surface area contributed by atoms with E-state index in [9.17, 15) is 0 Å². The highest BCUT2D eigenvalue weighted by Crippen LogP contribution is 2.31. The molecule has 0 aromatic heterocycles. The largest absolute Gasteiger partial charge is 0.321 e. The van der Waals surface area contributed by atoms with Gasteiger partial charge in [0.15, 0.2) is 0 Å². The Labute approximate surface area is 104 Å². The van der Waals surface area contributed by atoms with Gasteiger partial charge in [-0.3, -0.25) is 0 Å². The Morgan fingerprint density at radius 2 is 1.94 bits per heavy atom. The maximum atomic E-state index is 6.08. The second kappa shape index (κ2) is 4.92. The van der Waals surface area contributed by atoms with Crippen molar-refractivity contribution in [3.8, 4) is 0 Å². The van der Waals surface area contributed by atoms with Gasteiger partial charge in [-0.25, -0.2) is 0 Å². The van der Waals surface area contributed by atoms with Crippen LogP contribution in [0.4, 0.5) is 0 Å². The number of allylic oxidation sites excluding steroid dienone is 5. The van der Waals surface area contributed by atoms with Gasteiger partial charge in [0.25, 0.3) is 0 Å². The molecule has 16 heavy (non-hydrogen) atoms. The lowest BCUT2D eigenvalue weighted by Gasteiger charge is -2.31. The first-order valence-electron chi connectivity index (χ1n) is 5.56. The van der Waals surface area contributed by atoms with Crippen molar-refractivity contribution in [2.75, 3.05) is 0 Å². The number of nitrogens with zero attached hydrogens (tertiary/aromatic N) is 1. The summed E-state index contributed by atoms with van der Waals surface area (Å²) in [5.41, 5.74) is 4.62. The second-order valence-corrected chi connectivity index (χ2v) is 5.11. The van der Waals surface area contributed by atoms with E-state index in [1.807, 2.05) is 13.0 Å². The summed E-state index contributed by atoms with van der Waals surface area (Å²) in [4.78, 5) is 2.14. The molecule has 0 N–H and O–H groups in total. The van der Waals surface area contributed by atoms with Gasteiger partial charge in [-0.05, 0) is 38.3 Å². The van der Waals surface area contributed by atoms with Crippen molar-refractivity contribution in [2.24, 2.45) is 5.92 Å². The lowest BCUT2D eigenvalue weighted by molar-refractivity contribution is 0.492. The van der Waals surface area contributed by atoms with Gasteiger partial charge >= 0.3 is 0 Å². The molecule has 0 aromatic carbocycles. The number of hydrogen-bond donors (Lipinski definition) is 0. The van der Waals surface area contributed by atoms with Gasteiger partial charge < -0.3 is 4.90 Å². The van der Waals surface area contributed by atoms with Gasteiger partial charge in [0, 0.05) is 22.6 Å². The molecule has 0 atom stereocenters. The monoisotopic (exact) mass is 237 g/mol. The zero-order valence-electron chi connectivity index (χ0n) is 10.8. The molecule has 1 aliphatic rings. The second-order valence-electron chi connectivity index (χ2n) is 4.71. The molecule has 0 bridgehead atoms. The first kappa shape index (κ1) is 13.1. The minimum absolute atomic E-state index is 0.469. The standard InChI is InChI=1S/C14H20ClN/c1-9(2)14(10(3)4)16-8-11(5)13(15)7-12(16)6/h7-9H,6H2,1-5H3. The Kier molecular flexibility index (Phi) is 4.03. The average Bonchev–Trinajstić information content (AvgIpc) is 2.12. The van der Waals surface area contributed by atoms with E-state index in [4.69, 9.17) is 11.6 Å². The summed E-state index contributed by atoms with van der Waals surface area (Å²) in [5.74, 6) is 0.469. The Balaban J connectivity index is 3.17. The van der Waals surface area contributed by atoms with Crippen LogP contribution in [0, 0.1) is 5.92 Å². The maximum Gasteiger partial charge on any atom is 0.0470 e. The first-order chi connectivity index (χ1) is 7.34. The van der Waals surface area contributed by atoms with E-state index < -0.39 is 0 Å². The first-order valence-corrected chi connectivity index (χ1v) is 5.94. The smallest absolute Gasteiger partial charge is 0.0470 e. The van der Waals surface area contributed by atoms with Crippen LogP contribution in [0.2, 0.25) is 0 Å². The maximum absolute atomic E-state index is 6.08. The highest BCUT2D eigenvalue weighted by molar-refractivity contribution is 6.32. The van der Waals surface area contributed by atoms with Crippen molar-refractivity contribution < 1.29 is 0 Å². The van der Waals surface area contributed by atoms with Gasteiger partial charge in [0.2, 0.25) is 0 Å². The molecule has 0 fully saturated rings. The third-order valence-electron chi connectivity index (χ3n) is 2.62. The minimum atomic E-state index is 0.469. The number of hydrogen-bond acceptors (Lipinski definition) is 1. The van der Waals surface area contributed by atoms with Gasteiger partial charge in [-0.15, -0.1) is 0 Å². The third kappa shape index (κ3) is 2.59. The van der Waals surface area contributed by atoms with Crippen LogP contribution < -0.4 is 0 Å². The molecule has 0 saturated carbocycles. The molecule has 1 aliphatic heterocycles. The molecule has 1 heterocycles. The molecule has 0 aliphatic carbocycles. The Morgan fingerprint density at radius 1 is 1.38 bits per heavy atom. The van der Waals surface area contributed by atoms with Crippen LogP contribution >= 0.6 is 11.6 Å². The van der Waals surface area contributed by atoms with Crippen LogP contribution in [0.25, 0.3) is 0 Å². The van der Waals surface area contributed by atoms with Crippen LogP contribution in [0.3, 0.4) is 0 Å². The fourth-order valence-corrected chi connectivity index (χ4v) is 2.16. The van der Waals surface area contributed by atoms with E-state index in [1.54, 1.807) is 0 Å². The van der Waals surface area contributed by atoms with E-state index >= 15 is 0 Å². The van der Waals surface area contributed by atoms with Gasteiger partial charge in [0.05, 0.1) is 0 Å². The van der Waals surface area contributed by atoms with Crippen molar-refractivity contribution in [3.63, 3.8) is 0 Å². The van der Waals surface area contributed by atoms with Crippen molar-refractivity contribution in [3.05, 3.63) is 46.4 Å². The molecule has 1 rings (SSSR count). The third-order valence-corrected chi connectivity index (χ3v) is 3.03. The highest BCUT2D eigenvalue weighted by atomic mass is 35.5. The van der Waals surface area contributed by atoms with Gasteiger partial charge in [0.1, 0.15) is 0 Å². The molecular formula is C14H20ClN. The van der Waals surface area contributed by atoms with E-state index in [0.29, 0.717) is 5.92 Å². The van der Waals surface area contributed by atoms with E-state index in [0.717, 1.165) is 16.3 Å². The molecular weight excluding hydrogens is 218 g/mol. The summed E-state index contributed by atoms with van der Waals surface area (Å²) in [7, 11) is 0. The van der Waals surface area contributed by atoms with Gasteiger partial charge in [-0.2, -0.15) is 0 Å². The SMILES string of the molecule is C=C1C=C(Cl)C(C)=CN1C(=C(C)C)C(C)C. The molecule has 0 unspecified atom stereocenters. The predicted molar refractivity (Wildman–Crippen MR) is 71.9 cm³/mol. The van der Waals surface area contributed by atoms with E-state index in [-0.39, 0.29) is 0 Å². The van der Waals surface area contributed by atoms with Gasteiger partial charge in [-0.1, -0.05) is 37.6 Å². The van der Waals surface area contributed by atoms with Crippen LogP contribution in [0.5, 0.6) is 0 Å².